The van der Waals surface area contributed by atoms with Gasteiger partial charge in [-0.25, -0.2) is 4.79 Å². The van der Waals surface area contributed by atoms with Crippen molar-refractivity contribution in [3.63, 3.8) is 0 Å². The maximum absolute atomic E-state index is 12.7. The molecule has 2 amide bonds. The minimum atomic E-state index is -0.0994. The van der Waals surface area contributed by atoms with Crippen LogP contribution in [0, 0.1) is 12.8 Å². The molecule has 26 heavy (non-hydrogen) atoms. The van der Waals surface area contributed by atoms with Gasteiger partial charge in [-0.3, -0.25) is 4.90 Å². The van der Waals surface area contributed by atoms with E-state index < -0.39 is 0 Å². The van der Waals surface area contributed by atoms with Gasteiger partial charge in [0.1, 0.15) is 0 Å². The molecule has 1 N–H and O–H groups in total. The SMILES string of the molecule is CCN(C(=O)Nc1ccc(N2CCC(C)CC2)cc1)c1cccc(C)c1. The first-order chi connectivity index (χ1) is 12.6. The smallest absolute Gasteiger partial charge is 0.326 e. The standard InChI is InChI=1S/C22H29N3O/c1-4-25(21-7-5-6-18(3)16-21)22(26)23-19-8-10-20(11-9-19)24-14-12-17(2)13-15-24/h5-11,16-17H,4,12-15H2,1-3H3,(H,23,26). The summed E-state index contributed by atoms with van der Waals surface area (Å²) < 4.78 is 0. The molecule has 1 aliphatic heterocycles. The van der Waals surface area contributed by atoms with Gasteiger partial charge in [0.25, 0.3) is 0 Å². The molecule has 0 saturated carbocycles. The van der Waals surface area contributed by atoms with E-state index >= 15 is 0 Å². The van der Waals surface area contributed by atoms with Crippen molar-refractivity contribution in [2.75, 3.05) is 34.8 Å². The molecule has 0 atom stereocenters. The second-order valence-corrected chi connectivity index (χ2v) is 7.23. The lowest BCUT2D eigenvalue weighted by Gasteiger charge is -2.32. The maximum Gasteiger partial charge on any atom is 0.326 e. The van der Waals surface area contributed by atoms with E-state index in [2.05, 4.69) is 29.3 Å². The fourth-order valence-electron chi connectivity index (χ4n) is 3.45. The minimum Gasteiger partial charge on any atom is -0.372 e. The van der Waals surface area contributed by atoms with Crippen molar-refractivity contribution in [3.8, 4) is 0 Å². The van der Waals surface area contributed by atoms with Crippen LogP contribution >= 0.6 is 0 Å². The van der Waals surface area contributed by atoms with E-state index in [-0.39, 0.29) is 6.03 Å². The number of benzene rings is 2. The largest absolute Gasteiger partial charge is 0.372 e. The van der Waals surface area contributed by atoms with Gasteiger partial charge in [0, 0.05) is 36.7 Å². The number of nitrogens with one attached hydrogen (secondary N) is 1. The van der Waals surface area contributed by atoms with Gasteiger partial charge in [-0.15, -0.1) is 0 Å². The van der Waals surface area contributed by atoms with Gasteiger partial charge in [0.2, 0.25) is 0 Å². The lowest BCUT2D eigenvalue weighted by molar-refractivity contribution is 0.257. The maximum atomic E-state index is 12.7. The molecular formula is C22H29N3O. The van der Waals surface area contributed by atoms with Crippen LogP contribution in [-0.2, 0) is 0 Å². The van der Waals surface area contributed by atoms with Crippen LogP contribution < -0.4 is 15.1 Å². The number of anilines is 3. The van der Waals surface area contributed by atoms with Crippen molar-refractivity contribution in [1.29, 1.82) is 0 Å². The Morgan fingerprint density at radius 1 is 1.15 bits per heavy atom. The molecule has 1 saturated heterocycles. The Hall–Kier alpha value is -2.49. The van der Waals surface area contributed by atoms with Crippen molar-refractivity contribution < 1.29 is 4.79 Å². The molecule has 0 spiro atoms. The van der Waals surface area contributed by atoms with Crippen LogP contribution in [0.4, 0.5) is 21.9 Å². The molecule has 2 aromatic rings. The van der Waals surface area contributed by atoms with Crippen molar-refractivity contribution in [2.24, 2.45) is 5.92 Å². The van der Waals surface area contributed by atoms with E-state index in [1.54, 1.807) is 4.90 Å². The number of carbonyl (C=O) groups excluding carboxylic acids is 1. The Morgan fingerprint density at radius 2 is 1.85 bits per heavy atom. The number of carbonyl (C=O) groups is 1. The number of aryl methyl sites for hydroxylation is 1. The molecule has 0 aliphatic carbocycles. The van der Waals surface area contributed by atoms with Crippen LogP contribution in [0.25, 0.3) is 0 Å². The van der Waals surface area contributed by atoms with Crippen molar-refractivity contribution >= 4 is 23.1 Å². The zero-order valence-corrected chi connectivity index (χ0v) is 16.0. The third-order valence-corrected chi connectivity index (χ3v) is 5.14. The first-order valence-electron chi connectivity index (χ1n) is 9.57. The van der Waals surface area contributed by atoms with Crippen molar-refractivity contribution in [3.05, 3.63) is 54.1 Å². The molecule has 1 heterocycles. The predicted molar refractivity (Wildman–Crippen MR) is 110 cm³/mol. The summed E-state index contributed by atoms with van der Waals surface area (Å²) in [6, 6.07) is 16.1. The summed E-state index contributed by atoms with van der Waals surface area (Å²) in [5.41, 5.74) is 4.13. The molecule has 1 aliphatic rings. The van der Waals surface area contributed by atoms with Crippen LogP contribution in [0.5, 0.6) is 0 Å². The second-order valence-electron chi connectivity index (χ2n) is 7.23. The second kappa shape index (κ2) is 8.26. The summed E-state index contributed by atoms with van der Waals surface area (Å²) in [6.45, 7) is 9.20. The Balaban J connectivity index is 1.65. The van der Waals surface area contributed by atoms with E-state index in [9.17, 15) is 4.79 Å². The van der Waals surface area contributed by atoms with Crippen LogP contribution in [-0.4, -0.2) is 25.7 Å². The molecule has 1 fully saturated rings. The van der Waals surface area contributed by atoms with Crippen LogP contribution in [0.2, 0.25) is 0 Å². The fourth-order valence-corrected chi connectivity index (χ4v) is 3.45. The average molecular weight is 351 g/mol. The number of hydrogen-bond donors (Lipinski definition) is 1. The highest BCUT2D eigenvalue weighted by Crippen LogP contribution is 2.24. The Kier molecular flexibility index (Phi) is 5.82. The number of hydrogen-bond acceptors (Lipinski definition) is 2. The van der Waals surface area contributed by atoms with E-state index in [0.717, 1.165) is 35.9 Å². The van der Waals surface area contributed by atoms with E-state index in [4.69, 9.17) is 0 Å². The molecule has 138 valence electrons. The molecule has 0 unspecified atom stereocenters. The number of nitrogens with zero attached hydrogens (tertiary/aromatic N) is 2. The molecule has 4 nitrogen and oxygen atoms in total. The monoisotopic (exact) mass is 351 g/mol. The normalized spacial score (nSPS) is 15.0. The lowest BCUT2D eigenvalue weighted by Crippen LogP contribution is -2.35. The highest BCUT2D eigenvalue weighted by atomic mass is 16.2. The number of rotatable bonds is 4. The fraction of sp³-hybridized carbons (Fsp3) is 0.409. The number of urea groups is 1. The quantitative estimate of drug-likeness (QED) is 0.812. The third-order valence-electron chi connectivity index (χ3n) is 5.14. The Morgan fingerprint density at radius 3 is 2.46 bits per heavy atom. The van der Waals surface area contributed by atoms with Crippen LogP contribution in [0.3, 0.4) is 0 Å². The van der Waals surface area contributed by atoms with Crippen LogP contribution in [0.15, 0.2) is 48.5 Å². The molecule has 0 radical (unpaired) electrons. The Bertz CT molecular complexity index is 733. The van der Waals surface area contributed by atoms with Crippen molar-refractivity contribution in [2.45, 2.75) is 33.6 Å². The summed E-state index contributed by atoms with van der Waals surface area (Å²) >= 11 is 0. The topological polar surface area (TPSA) is 35.6 Å². The highest BCUT2D eigenvalue weighted by Gasteiger charge is 2.17. The van der Waals surface area contributed by atoms with E-state index in [1.807, 2.05) is 50.2 Å². The van der Waals surface area contributed by atoms with Crippen molar-refractivity contribution in [1.82, 2.24) is 0 Å². The average Bonchev–Trinajstić information content (AvgIpc) is 2.64. The first-order valence-corrected chi connectivity index (χ1v) is 9.57. The molecule has 2 aromatic carbocycles. The van der Waals surface area contributed by atoms with E-state index in [0.29, 0.717) is 6.54 Å². The third kappa shape index (κ3) is 4.37. The van der Waals surface area contributed by atoms with Crippen LogP contribution in [0.1, 0.15) is 32.3 Å². The molecule has 4 heteroatoms. The predicted octanol–water partition coefficient (Wildman–Crippen LogP) is 5.29. The van der Waals surface area contributed by atoms with Gasteiger partial charge in [-0.05, 0) is 74.6 Å². The molecule has 0 bridgehead atoms. The number of amides is 2. The van der Waals surface area contributed by atoms with E-state index in [1.165, 1.54) is 18.5 Å². The van der Waals surface area contributed by atoms with Gasteiger partial charge < -0.3 is 10.2 Å². The zero-order chi connectivity index (χ0) is 18.5. The number of piperidine rings is 1. The summed E-state index contributed by atoms with van der Waals surface area (Å²) in [7, 11) is 0. The summed E-state index contributed by atoms with van der Waals surface area (Å²) in [4.78, 5) is 16.9. The van der Waals surface area contributed by atoms with Gasteiger partial charge in [0.05, 0.1) is 0 Å². The molecule has 0 aromatic heterocycles. The first kappa shape index (κ1) is 18.3. The van der Waals surface area contributed by atoms with Gasteiger partial charge >= 0.3 is 6.03 Å². The minimum absolute atomic E-state index is 0.0994. The molecule has 3 rings (SSSR count). The van der Waals surface area contributed by atoms with Gasteiger partial charge in [-0.2, -0.15) is 0 Å². The van der Waals surface area contributed by atoms with Gasteiger partial charge in [0.15, 0.2) is 0 Å². The summed E-state index contributed by atoms with van der Waals surface area (Å²) in [5, 5.41) is 3.02. The van der Waals surface area contributed by atoms with Gasteiger partial charge in [-0.1, -0.05) is 19.1 Å². The lowest BCUT2D eigenvalue weighted by atomic mass is 9.99. The zero-order valence-electron chi connectivity index (χ0n) is 16.0. The Labute approximate surface area is 156 Å². The highest BCUT2D eigenvalue weighted by molar-refractivity contribution is 6.01. The summed E-state index contributed by atoms with van der Waals surface area (Å²) in [6.07, 6.45) is 2.50. The summed E-state index contributed by atoms with van der Waals surface area (Å²) in [5.74, 6) is 0.825. The molecular weight excluding hydrogens is 322 g/mol.